The van der Waals surface area contributed by atoms with Crippen molar-refractivity contribution in [3.8, 4) is 5.75 Å². The number of nitrogens with zero attached hydrogens (tertiary/aromatic N) is 2. The van der Waals surface area contributed by atoms with E-state index in [-0.39, 0.29) is 0 Å². The van der Waals surface area contributed by atoms with Crippen LogP contribution < -0.4 is 4.74 Å². The first kappa shape index (κ1) is 12.4. The number of benzene rings is 2. The van der Waals surface area contributed by atoms with Crippen molar-refractivity contribution < 1.29 is 4.74 Å². The van der Waals surface area contributed by atoms with Crippen molar-refractivity contribution in [3.63, 3.8) is 0 Å². The molecule has 4 heteroatoms. The second-order valence-corrected chi connectivity index (χ2v) is 4.47. The number of aromatic nitrogens is 1. The molecule has 1 heterocycles. The molecule has 0 radical (unpaired) electrons. The lowest BCUT2D eigenvalue weighted by Crippen LogP contribution is -1.84. The number of ether oxygens (including phenoxy) is 1. The molecule has 0 unspecified atom stereocenters. The summed E-state index contributed by atoms with van der Waals surface area (Å²) in [6.45, 7) is 0.559. The Balaban J connectivity index is 1.73. The van der Waals surface area contributed by atoms with Crippen LogP contribution in [0.5, 0.6) is 5.75 Å². The van der Waals surface area contributed by atoms with Gasteiger partial charge in [0.1, 0.15) is 11.4 Å². The fraction of sp³-hybridized carbons (Fsp3) is 0.125. The fourth-order valence-corrected chi connectivity index (χ4v) is 2.06. The van der Waals surface area contributed by atoms with E-state index in [1.807, 2.05) is 54.7 Å². The van der Waals surface area contributed by atoms with Crippen LogP contribution in [-0.2, 0) is 6.54 Å². The van der Waals surface area contributed by atoms with Crippen LogP contribution in [0.1, 0.15) is 5.56 Å². The molecule has 0 bridgehead atoms. The maximum absolute atomic E-state index is 5.12. The molecule has 0 saturated heterocycles. The Morgan fingerprint density at radius 1 is 1.05 bits per heavy atom. The molecule has 0 atom stereocenters. The first-order chi connectivity index (χ1) is 9.86. The van der Waals surface area contributed by atoms with E-state index in [0.717, 1.165) is 27.9 Å². The smallest absolute Gasteiger partial charge is 0.118 e. The molecule has 0 aliphatic rings. The van der Waals surface area contributed by atoms with Crippen LogP contribution in [0.4, 0.5) is 5.69 Å². The minimum atomic E-state index is 0.559. The van der Waals surface area contributed by atoms with E-state index in [9.17, 15) is 0 Å². The SMILES string of the molecule is COc1ccc(CN=Nc2c[nH]c3ccccc23)cc1. The van der Waals surface area contributed by atoms with E-state index in [2.05, 4.69) is 15.2 Å². The minimum Gasteiger partial charge on any atom is -0.497 e. The zero-order valence-corrected chi connectivity index (χ0v) is 11.2. The van der Waals surface area contributed by atoms with Gasteiger partial charge in [0.15, 0.2) is 0 Å². The highest BCUT2D eigenvalue weighted by Crippen LogP contribution is 2.25. The van der Waals surface area contributed by atoms with Crippen molar-refractivity contribution in [1.82, 2.24) is 4.98 Å². The zero-order chi connectivity index (χ0) is 13.8. The topological polar surface area (TPSA) is 49.7 Å². The van der Waals surface area contributed by atoms with E-state index in [0.29, 0.717) is 6.54 Å². The normalized spacial score (nSPS) is 11.2. The lowest BCUT2D eigenvalue weighted by molar-refractivity contribution is 0.414. The highest BCUT2D eigenvalue weighted by molar-refractivity contribution is 5.90. The quantitative estimate of drug-likeness (QED) is 0.695. The number of methoxy groups -OCH3 is 1. The highest BCUT2D eigenvalue weighted by Gasteiger charge is 2.00. The van der Waals surface area contributed by atoms with Gasteiger partial charge in [0.05, 0.1) is 13.7 Å². The monoisotopic (exact) mass is 265 g/mol. The molecule has 0 saturated carbocycles. The fourth-order valence-electron chi connectivity index (χ4n) is 2.06. The zero-order valence-electron chi connectivity index (χ0n) is 11.2. The van der Waals surface area contributed by atoms with Crippen LogP contribution in [0.3, 0.4) is 0 Å². The number of hydrogen-bond donors (Lipinski definition) is 1. The lowest BCUT2D eigenvalue weighted by atomic mass is 10.2. The Kier molecular flexibility index (Phi) is 3.46. The van der Waals surface area contributed by atoms with Crippen LogP contribution in [0.2, 0.25) is 0 Å². The molecule has 0 spiro atoms. The Morgan fingerprint density at radius 3 is 2.65 bits per heavy atom. The van der Waals surface area contributed by atoms with Gasteiger partial charge in [0, 0.05) is 17.1 Å². The Labute approximate surface area is 117 Å². The molecule has 0 amide bonds. The molecule has 100 valence electrons. The Hall–Kier alpha value is -2.62. The number of aromatic amines is 1. The van der Waals surface area contributed by atoms with Gasteiger partial charge in [-0.2, -0.15) is 10.2 Å². The van der Waals surface area contributed by atoms with E-state index >= 15 is 0 Å². The summed E-state index contributed by atoms with van der Waals surface area (Å²) in [5.41, 5.74) is 3.05. The third-order valence-electron chi connectivity index (χ3n) is 3.16. The molecular formula is C16H15N3O. The van der Waals surface area contributed by atoms with Gasteiger partial charge in [-0.05, 0) is 23.8 Å². The van der Waals surface area contributed by atoms with E-state index in [1.165, 1.54) is 0 Å². The first-order valence-electron chi connectivity index (χ1n) is 6.43. The number of nitrogens with one attached hydrogen (secondary N) is 1. The van der Waals surface area contributed by atoms with Crippen molar-refractivity contribution >= 4 is 16.6 Å². The summed E-state index contributed by atoms with van der Waals surface area (Å²) in [6, 6.07) is 15.9. The first-order valence-corrected chi connectivity index (χ1v) is 6.43. The van der Waals surface area contributed by atoms with Crippen LogP contribution in [0.25, 0.3) is 10.9 Å². The predicted octanol–water partition coefficient (Wildman–Crippen LogP) is 4.46. The van der Waals surface area contributed by atoms with Crippen molar-refractivity contribution in [3.05, 3.63) is 60.3 Å². The molecule has 0 aliphatic heterocycles. The van der Waals surface area contributed by atoms with E-state index in [4.69, 9.17) is 4.74 Å². The van der Waals surface area contributed by atoms with Gasteiger partial charge in [0.25, 0.3) is 0 Å². The predicted molar refractivity (Wildman–Crippen MR) is 79.5 cm³/mol. The molecule has 4 nitrogen and oxygen atoms in total. The average Bonchev–Trinajstić information content (AvgIpc) is 2.92. The lowest BCUT2D eigenvalue weighted by Gasteiger charge is -1.99. The van der Waals surface area contributed by atoms with Gasteiger partial charge in [-0.15, -0.1) is 0 Å². The van der Waals surface area contributed by atoms with Crippen LogP contribution >= 0.6 is 0 Å². The summed E-state index contributed by atoms with van der Waals surface area (Å²) >= 11 is 0. The number of fused-ring (bicyclic) bond motifs is 1. The van der Waals surface area contributed by atoms with E-state index < -0.39 is 0 Å². The summed E-state index contributed by atoms with van der Waals surface area (Å²) in [5, 5.41) is 9.64. The molecule has 3 aromatic rings. The third kappa shape index (κ3) is 2.54. The van der Waals surface area contributed by atoms with Gasteiger partial charge in [0.2, 0.25) is 0 Å². The van der Waals surface area contributed by atoms with Crippen LogP contribution in [-0.4, -0.2) is 12.1 Å². The number of rotatable bonds is 4. The summed E-state index contributed by atoms with van der Waals surface area (Å²) in [4.78, 5) is 3.18. The van der Waals surface area contributed by atoms with Crippen molar-refractivity contribution in [2.75, 3.05) is 7.11 Å². The molecule has 20 heavy (non-hydrogen) atoms. The van der Waals surface area contributed by atoms with Crippen molar-refractivity contribution in [2.24, 2.45) is 10.2 Å². The second kappa shape index (κ2) is 5.57. The third-order valence-corrected chi connectivity index (χ3v) is 3.16. The van der Waals surface area contributed by atoms with Gasteiger partial charge < -0.3 is 9.72 Å². The number of H-pyrrole nitrogens is 1. The molecule has 3 rings (SSSR count). The standard InChI is InChI=1S/C16H15N3O/c1-20-13-8-6-12(7-9-13)10-18-19-16-11-17-15-5-3-2-4-14(15)16/h2-9,11,17H,10H2,1H3. The molecule has 1 N–H and O–H groups in total. The summed E-state index contributed by atoms with van der Waals surface area (Å²) in [5.74, 6) is 0.849. The Bertz CT molecular complexity index is 729. The van der Waals surface area contributed by atoms with Crippen LogP contribution in [0, 0.1) is 0 Å². The van der Waals surface area contributed by atoms with Gasteiger partial charge in [-0.3, -0.25) is 0 Å². The maximum Gasteiger partial charge on any atom is 0.118 e. The van der Waals surface area contributed by atoms with Crippen molar-refractivity contribution in [2.45, 2.75) is 6.54 Å². The van der Waals surface area contributed by atoms with Crippen molar-refractivity contribution in [1.29, 1.82) is 0 Å². The Morgan fingerprint density at radius 2 is 1.85 bits per heavy atom. The number of hydrogen-bond acceptors (Lipinski definition) is 3. The number of azo groups is 1. The molecule has 0 fully saturated rings. The molecule has 0 aliphatic carbocycles. The van der Waals surface area contributed by atoms with Gasteiger partial charge >= 0.3 is 0 Å². The van der Waals surface area contributed by atoms with Gasteiger partial charge in [-0.25, -0.2) is 0 Å². The summed E-state index contributed by atoms with van der Waals surface area (Å²) in [6.07, 6.45) is 1.88. The molecule has 2 aromatic carbocycles. The summed E-state index contributed by atoms with van der Waals surface area (Å²) < 4.78 is 5.12. The molecule has 1 aromatic heterocycles. The number of para-hydroxylation sites is 1. The van der Waals surface area contributed by atoms with Crippen LogP contribution in [0.15, 0.2) is 65.0 Å². The maximum atomic E-state index is 5.12. The van der Waals surface area contributed by atoms with Gasteiger partial charge in [-0.1, -0.05) is 30.3 Å². The molecular weight excluding hydrogens is 250 g/mol. The minimum absolute atomic E-state index is 0.559. The highest BCUT2D eigenvalue weighted by atomic mass is 16.5. The average molecular weight is 265 g/mol. The second-order valence-electron chi connectivity index (χ2n) is 4.47. The summed E-state index contributed by atoms with van der Waals surface area (Å²) in [7, 11) is 1.66. The van der Waals surface area contributed by atoms with E-state index in [1.54, 1.807) is 7.11 Å². The largest absolute Gasteiger partial charge is 0.497 e.